The molecule has 5 rings (SSSR count). The second kappa shape index (κ2) is 8.89. The molecule has 31 heavy (non-hydrogen) atoms. The number of benzene rings is 3. The molecule has 1 aliphatic carbocycles. The zero-order valence-corrected chi connectivity index (χ0v) is 18.0. The number of allylic oxidation sites excluding steroid dienone is 2. The van der Waals surface area contributed by atoms with Crippen molar-refractivity contribution in [3.63, 3.8) is 0 Å². The molecule has 158 valence electrons. The van der Waals surface area contributed by atoms with Crippen LogP contribution in [-0.2, 0) is 6.42 Å². The Morgan fingerprint density at radius 1 is 0.968 bits per heavy atom. The van der Waals surface area contributed by atoms with Crippen molar-refractivity contribution in [3.8, 4) is 11.5 Å². The average molecular weight is 412 g/mol. The molecule has 0 saturated heterocycles. The lowest BCUT2D eigenvalue weighted by Crippen LogP contribution is -2.29. The fraction of sp³-hybridized carbons (Fsp3) is 0.286. The van der Waals surface area contributed by atoms with Gasteiger partial charge in [0, 0.05) is 5.92 Å². The first-order chi connectivity index (χ1) is 15.3. The summed E-state index contributed by atoms with van der Waals surface area (Å²) >= 11 is 0. The van der Waals surface area contributed by atoms with Crippen LogP contribution in [0.15, 0.2) is 84.9 Å². The molecule has 3 aromatic carbocycles. The van der Waals surface area contributed by atoms with Gasteiger partial charge in [0.1, 0.15) is 11.5 Å². The van der Waals surface area contributed by atoms with Gasteiger partial charge in [0.05, 0.1) is 25.4 Å². The van der Waals surface area contributed by atoms with Crippen molar-refractivity contribution in [1.82, 2.24) is 0 Å². The van der Waals surface area contributed by atoms with Crippen LogP contribution in [0.2, 0.25) is 0 Å². The number of methoxy groups -OCH3 is 1. The molecule has 0 fully saturated rings. The largest absolute Gasteiger partial charge is 0.497 e. The van der Waals surface area contributed by atoms with Crippen LogP contribution in [0.1, 0.15) is 41.5 Å². The van der Waals surface area contributed by atoms with Crippen LogP contribution in [-0.4, -0.2) is 13.7 Å². The maximum absolute atomic E-state index is 6.29. The standard InChI is InChI=1S/C28H29NO2/c1-30-22-13-5-12-21(19-22)27-24-15-6-14-23(24)25-16-7-17-26(28(25)29-27)31-18-8-11-20-9-3-2-4-10-20/h2-7,9-10,12-14,16-17,19,23-24,27,29H,8,11,15,18H2,1H3. The predicted molar refractivity (Wildman–Crippen MR) is 126 cm³/mol. The molecule has 0 spiro atoms. The number of para-hydroxylation sites is 1. The lowest BCUT2D eigenvalue weighted by molar-refractivity contribution is 0.309. The average Bonchev–Trinajstić information content (AvgIpc) is 3.32. The topological polar surface area (TPSA) is 30.5 Å². The third-order valence-corrected chi connectivity index (χ3v) is 6.52. The van der Waals surface area contributed by atoms with Crippen molar-refractivity contribution in [1.29, 1.82) is 0 Å². The fourth-order valence-corrected chi connectivity index (χ4v) is 4.98. The van der Waals surface area contributed by atoms with E-state index in [9.17, 15) is 0 Å². The van der Waals surface area contributed by atoms with Gasteiger partial charge in [0.15, 0.2) is 0 Å². The zero-order chi connectivity index (χ0) is 21.0. The summed E-state index contributed by atoms with van der Waals surface area (Å²) < 4.78 is 11.8. The van der Waals surface area contributed by atoms with Gasteiger partial charge in [-0.15, -0.1) is 0 Å². The lowest BCUT2D eigenvalue weighted by atomic mass is 9.77. The van der Waals surface area contributed by atoms with Crippen molar-refractivity contribution in [2.45, 2.75) is 31.2 Å². The number of hydrogen-bond donors (Lipinski definition) is 1. The van der Waals surface area contributed by atoms with Gasteiger partial charge < -0.3 is 14.8 Å². The minimum Gasteiger partial charge on any atom is -0.497 e. The predicted octanol–water partition coefficient (Wildman–Crippen LogP) is 6.53. The van der Waals surface area contributed by atoms with Crippen molar-refractivity contribution < 1.29 is 9.47 Å². The molecule has 0 radical (unpaired) electrons. The zero-order valence-electron chi connectivity index (χ0n) is 18.0. The van der Waals surface area contributed by atoms with Crippen LogP contribution in [0.4, 0.5) is 5.69 Å². The highest BCUT2D eigenvalue weighted by molar-refractivity contribution is 5.67. The summed E-state index contributed by atoms with van der Waals surface area (Å²) in [7, 11) is 1.73. The number of rotatable bonds is 7. The van der Waals surface area contributed by atoms with Crippen LogP contribution < -0.4 is 14.8 Å². The normalized spacial score (nSPS) is 21.1. The molecular formula is C28H29NO2. The van der Waals surface area contributed by atoms with Gasteiger partial charge in [0.2, 0.25) is 0 Å². The van der Waals surface area contributed by atoms with E-state index in [1.165, 1.54) is 16.7 Å². The molecule has 0 bridgehead atoms. The maximum atomic E-state index is 6.29. The smallest absolute Gasteiger partial charge is 0.142 e. The van der Waals surface area contributed by atoms with Crippen LogP contribution in [0.3, 0.4) is 0 Å². The number of fused-ring (bicyclic) bond motifs is 3. The van der Waals surface area contributed by atoms with Gasteiger partial charge >= 0.3 is 0 Å². The number of nitrogens with one attached hydrogen (secondary N) is 1. The van der Waals surface area contributed by atoms with E-state index in [1.807, 2.05) is 6.07 Å². The Morgan fingerprint density at radius 2 is 1.84 bits per heavy atom. The Bertz CT molecular complexity index is 1060. The second-order valence-electron chi connectivity index (χ2n) is 8.41. The fourth-order valence-electron chi connectivity index (χ4n) is 4.98. The van der Waals surface area contributed by atoms with E-state index in [4.69, 9.17) is 9.47 Å². The highest BCUT2D eigenvalue weighted by Crippen LogP contribution is 2.52. The van der Waals surface area contributed by atoms with Gasteiger partial charge in [-0.1, -0.05) is 66.7 Å². The Hall–Kier alpha value is -3.20. The van der Waals surface area contributed by atoms with Crippen molar-refractivity contribution in [2.75, 3.05) is 19.0 Å². The first kappa shape index (κ1) is 19.7. The van der Waals surface area contributed by atoms with Crippen LogP contribution in [0, 0.1) is 5.92 Å². The number of hydrogen-bond acceptors (Lipinski definition) is 3. The third-order valence-electron chi connectivity index (χ3n) is 6.52. The van der Waals surface area contributed by atoms with Crippen molar-refractivity contribution >= 4 is 5.69 Å². The van der Waals surface area contributed by atoms with E-state index in [1.54, 1.807) is 7.11 Å². The number of anilines is 1. The van der Waals surface area contributed by atoms with Gasteiger partial charge in [0.25, 0.3) is 0 Å². The van der Waals surface area contributed by atoms with E-state index in [0.29, 0.717) is 18.4 Å². The molecule has 1 N–H and O–H groups in total. The summed E-state index contributed by atoms with van der Waals surface area (Å²) in [5.74, 6) is 2.78. The molecule has 1 aliphatic heterocycles. The van der Waals surface area contributed by atoms with Gasteiger partial charge in [-0.25, -0.2) is 0 Å². The molecule has 2 aliphatic rings. The Kier molecular flexibility index (Phi) is 5.66. The molecule has 3 heteroatoms. The molecule has 0 saturated carbocycles. The third kappa shape index (κ3) is 4.05. The van der Waals surface area contributed by atoms with E-state index in [2.05, 4.69) is 84.2 Å². The van der Waals surface area contributed by atoms with Crippen molar-refractivity contribution in [2.24, 2.45) is 5.92 Å². The molecule has 0 aromatic heterocycles. The van der Waals surface area contributed by atoms with Crippen molar-refractivity contribution in [3.05, 3.63) is 102 Å². The lowest BCUT2D eigenvalue weighted by Gasteiger charge is -2.38. The number of ether oxygens (including phenoxy) is 2. The van der Waals surface area contributed by atoms with Crippen LogP contribution >= 0.6 is 0 Å². The quantitative estimate of drug-likeness (QED) is 0.354. The van der Waals surface area contributed by atoms with E-state index in [-0.39, 0.29) is 6.04 Å². The molecule has 3 atom stereocenters. The Morgan fingerprint density at radius 3 is 2.71 bits per heavy atom. The summed E-state index contributed by atoms with van der Waals surface area (Å²) in [4.78, 5) is 0. The monoisotopic (exact) mass is 411 g/mol. The number of aryl methyl sites for hydroxylation is 1. The SMILES string of the molecule is COc1cccc(C2Nc3c(OCCCc4ccccc4)cccc3C3C=CCC32)c1. The van der Waals surface area contributed by atoms with Gasteiger partial charge in [-0.2, -0.15) is 0 Å². The van der Waals surface area contributed by atoms with Crippen LogP contribution in [0.5, 0.6) is 11.5 Å². The minimum atomic E-state index is 0.233. The van der Waals surface area contributed by atoms with Gasteiger partial charge in [-0.05, 0) is 60.1 Å². The maximum Gasteiger partial charge on any atom is 0.142 e. The first-order valence-corrected chi connectivity index (χ1v) is 11.2. The first-order valence-electron chi connectivity index (χ1n) is 11.2. The van der Waals surface area contributed by atoms with E-state index in [0.717, 1.165) is 36.4 Å². The summed E-state index contributed by atoms with van der Waals surface area (Å²) in [6.07, 6.45) is 7.81. The molecular weight excluding hydrogens is 382 g/mol. The van der Waals surface area contributed by atoms with Crippen LogP contribution in [0.25, 0.3) is 0 Å². The summed E-state index contributed by atoms with van der Waals surface area (Å²) in [5, 5.41) is 3.84. The molecule has 3 unspecified atom stereocenters. The molecule has 3 aromatic rings. The van der Waals surface area contributed by atoms with E-state index < -0.39 is 0 Å². The van der Waals surface area contributed by atoms with Gasteiger partial charge in [-0.3, -0.25) is 0 Å². The minimum absolute atomic E-state index is 0.233. The summed E-state index contributed by atoms with van der Waals surface area (Å²) in [6.45, 7) is 0.709. The highest BCUT2D eigenvalue weighted by Gasteiger charge is 2.39. The second-order valence-corrected chi connectivity index (χ2v) is 8.41. The molecule has 3 nitrogen and oxygen atoms in total. The molecule has 1 heterocycles. The highest BCUT2D eigenvalue weighted by atomic mass is 16.5. The Labute approximate surface area is 184 Å². The van der Waals surface area contributed by atoms with E-state index >= 15 is 0 Å². The Balaban J connectivity index is 1.36. The molecule has 0 amide bonds. The summed E-state index contributed by atoms with van der Waals surface area (Å²) in [6, 6.07) is 25.7. The summed E-state index contributed by atoms with van der Waals surface area (Å²) in [5.41, 5.74) is 5.11.